The molecule has 0 N–H and O–H groups in total. The normalized spacial score (nSPS) is 11.2. The van der Waals surface area contributed by atoms with Gasteiger partial charge in [0.1, 0.15) is 15.4 Å². The molecule has 0 fully saturated rings. The Kier molecular flexibility index (Phi) is 3.47. The second-order valence-electron chi connectivity index (χ2n) is 3.39. The lowest BCUT2D eigenvalue weighted by Gasteiger charge is -1.98. The molecule has 3 heterocycles. The number of hydrogen-bond donors (Lipinski definition) is 0. The van der Waals surface area contributed by atoms with Crippen LogP contribution in [-0.4, -0.2) is 20.2 Å². The van der Waals surface area contributed by atoms with Crippen LogP contribution in [0.15, 0.2) is 20.9 Å². The zero-order valence-corrected chi connectivity index (χ0v) is 12.5. The molecule has 0 aliphatic rings. The van der Waals surface area contributed by atoms with Crippen LogP contribution in [0.3, 0.4) is 0 Å². The van der Waals surface area contributed by atoms with Crippen molar-refractivity contribution in [2.45, 2.75) is 22.7 Å². The van der Waals surface area contributed by atoms with Crippen LogP contribution in [0.4, 0.5) is 0 Å². The second kappa shape index (κ2) is 5.08. The molecule has 0 aliphatic carbocycles. The predicted molar refractivity (Wildman–Crippen MR) is 75.8 cm³/mol. The molecule has 3 rings (SSSR count). The molecule has 0 aromatic carbocycles. The van der Waals surface area contributed by atoms with E-state index < -0.39 is 0 Å². The molecule has 8 heteroatoms. The number of aromatic nitrogens is 4. The molecule has 0 saturated heterocycles. The molecular weight excluding hydrogens is 308 g/mol. The fraction of sp³-hybridized carbons (Fsp3) is 0.200. The molecule has 3 aromatic heterocycles. The predicted octanol–water partition coefficient (Wildman–Crippen LogP) is 3.91. The van der Waals surface area contributed by atoms with Crippen LogP contribution in [0.1, 0.15) is 11.8 Å². The summed E-state index contributed by atoms with van der Waals surface area (Å²) < 4.78 is 0.857. The largest absolute Gasteiger partial charge is 0.224 e. The molecule has 0 radical (unpaired) electrons. The first-order valence-electron chi connectivity index (χ1n) is 5.16. The average Bonchev–Trinajstić information content (AvgIpc) is 2.97. The molecule has 0 unspecified atom stereocenters. The van der Waals surface area contributed by atoms with Crippen molar-refractivity contribution in [3.05, 3.63) is 21.7 Å². The summed E-state index contributed by atoms with van der Waals surface area (Å²) in [6.07, 6.45) is 0.988. The molecule has 3 aromatic rings. The number of aryl methyl sites for hydroxylation is 1. The molecule has 0 aliphatic heterocycles. The van der Waals surface area contributed by atoms with Gasteiger partial charge in [0.15, 0.2) is 4.34 Å². The van der Waals surface area contributed by atoms with Crippen LogP contribution in [0.25, 0.3) is 10.2 Å². The van der Waals surface area contributed by atoms with Gasteiger partial charge in [-0.15, -0.1) is 21.5 Å². The number of hydrogen-bond acceptors (Lipinski definition) is 7. The number of halogens is 1. The van der Waals surface area contributed by atoms with Crippen LogP contribution in [-0.2, 0) is 6.42 Å². The Morgan fingerprint density at radius 1 is 1.39 bits per heavy atom. The summed E-state index contributed by atoms with van der Waals surface area (Å²) >= 11 is 10.6. The van der Waals surface area contributed by atoms with Gasteiger partial charge >= 0.3 is 0 Å². The highest BCUT2D eigenvalue weighted by atomic mass is 35.5. The van der Waals surface area contributed by atoms with E-state index in [1.54, 1.807) is 16.8 Å². The van der Waals surface area contributed by atoms with Crippen LogP contribution < -0.4 is 0 Å². The molecule has 4 nitrogen and oxygen atoms in total. The highest BCUT2D eigenvalue weighted by Crippen LogP contribution is 2.36. The van der Waals surface area contributed by atoms with Gasteiger partial charge in [0.25, 0.3) is 0 Å². The van der Waals surface area contributed by atoms with Gasteiger partial charge in [-0.05, 0) is 35.9 Å². The van der Waals surface area contributed by atoms with E-state index in [1.165, 1.54) is 28.0 Å². The topological polar surface area (TPSA) is 51.6 Å². The van der Waals surface area contributed by atoms with E-state index in [-0.39, 0.29) is 5.28 Å². The summed E-state index contributed by atoms with van der Waals surface area (Å²) in [5, 5.41) is 9.99. The standard InChI is InChI=1S/C10H7ClN4S3/c1-2-5-3-6-7(17-5)13-9(11)14-8(6)18-10-15-12-4-16-10/h3-4H,2H2,1H3. The van der Waals surface area contributed by atoms with Crippen LogP contribution in [0.5, 0.6) is 0 Å². The SMILES string of the molecule is CCc1cc2c(Sc3nncs3)nc(Cl)nc2s1. The first kappa shape index (κ1) is 12.3. The maximum absolute atomic E-state index is 5.95. The zero-order valence-electron chi connectivity index (χ0n) is 9.25. The minimum absolute atomic E-state index is 0.277. The Labute approximate surface area is 120 Å². The third-order valence-electron chi connectivity index (χ3n) is 2.25. The molecule has 0 bridgehead atoms. The Balaban J connectivity index is 2.11. The molecular formula is C10H7ClN4S3. The van der Waals surface area contributed by atoms with Crippen molar-refractivity contribution < 1.29 is 0 Å². The zero-order chi connectivity index (χ0) is 12.5. The summed E-state index contributed by atoms with van der Waals surface area (Å²) in [6, 6.07) is 2.12. The highest BCUT2D eigenvalue weighted by Gasteiger charge is 2.13. The van der Waals surface area contributed by atoms with Gasteiger partial charge in [-0.3, -0.25) is 0 Å². The first-order chi connectivity index (χ1) is 8.76. The van der Waals surface area contributed by atoms with E-state index >= 15 is 0 Å². The van der Waals surface area contributed by atoms with Gasteiger partial charge in [-0.1, -0.05) is 18.3 Å². The molecule has 0 atom stereocenters. The maximum Gasteiger partial charge on any atom is 0.224 e. The van der Waals surface area contributed by atoms with Crippen molar-refractivity contribution in [3.8, 4) is 0 Å². The smallest absolute Gasteiger partial charge is 0.210 e. The van der Waals surface area contributed by atoms with Gasteiger partial charge < -0.3 is 0 Å². The molecule has 0 spiro atoms. The third-order valence-corrected chi connectivity index (χ3v) is 5.38. The van der Waals surface area contributed by atoms with Gasteiger partial charge in [0, 0.05) is 10.3 Å². The van der Waals surface area contributed by atoms with Gasteiger partial charge in [0.2, 0.25) is 5.28 Å². The van der Waals surface area contributed by atoms with Crippen molar-refractivity contribution >= 4 is 56.3 Å². The van der Waals surface area contributed by atoms with Crippen molar-refractivity contribution in [2.75, 3.05) is 0 Å². The third kappa shape index (κ3) is 2.35. The average molecular weight is 315 g/mol. The summed E-state index contributed by atoms with van der Waals surface area (Å²) in [6.45, 7) is 2.12. The molecule has 0 amide bonds. The first-order valence-corrected chi connectivity index (χ1v) is 8.05. The summed E-state index contributed by atoms with van der Waals surface area (Å²) in [7, 11) is 0. The summed E-state index contributed by atoms with van der Waals surface area (Å²) in [5.41, 5.74) is 1.70. The van der Waals surface area contributed by atoms with E-state index in [9.17, 15) is 0 Å². The number of fused-ring (bicyclic) bond motifs is 1. The summed E-state index contributed by atoms with van der Waals surface area (Å²) in [4.78, 5) is 10.8. The number of thiophene rings is 1. The Morgan fingerprint density at radius 2 is 2.28 bits per heavy atom. The quantitative estimate of drug-likeness (QED) is 0.542. The lowest BCUT2D eigenvalue weighted by atomic mass is 10.3. The highest BCUT2D eigenvalue weighted by molar-refractivity contribution is 8.01. The van der Waals surface area contributed by atoms with E-state index in [0.717, 1.165) is 26.0 Å². The Bertz CT molecular complexity index is 680. The van der Waals surface area contributed by atoms with Gasteiger partial charge in [-0.2, -0.15) is 0 Å². The minimum atomic E-state index is 0.277. The maximum atomic E-state index is 5.95. The minimum Gasteiger partial charge on any atom is -0.210 e. The fourth-order valence-corrected chi connectivity index (χ4v) is 4.25. The van der Waals surface area contributed by atoms with Crippen molar-refractivity contribution in [2.24, 2.45) is 0 Å². The molecule has 92 valence electrons. The Hall–Kier alpha value is -0.760. The monoisotopic (exact) mass is 314 g/mol. The van der Waals surface area contributed by atoms with Crippen molar-refractivity contribution in [1.29, 1.82) is 0 Å². The van der Waals surface area contributed by atoms with Crippen LogP contribution in [0, 0.1) is 0 Å². The Morgan fingerprint density at radius 3 is 3.00 bits per heavy atom. The van der Waals surface area contributed by atoms with E-state index in [1.807, 2.05) is 0 Å². The summed E-state index contributed by atoms with van der Waals surface area (Å²) in [5.74, 6) is 0. The fourth-order valence-electron chi connectivity index (χ4n) is 1.46. The molecule has 0 saturated carbocycles. The van der Waals surface area contributed by atoms with Gasteiger partial charge in [-0.25, -0.2) is 9.97 Å². The van der Waals surface area contributed by atoms with E-state index in [2.05, 4.69) is 33.2 Å². The molecule has 18 heavy (non-hydrogen) atoms. The number of nitrogens with zero attached hydrogens (tertiary/aromatic N) is 4. The van der Waals surface area contributed by atoms with E-state index in [0.29, 0.717) is 0 Å². The van der Waals surface area contributed by atoms with Crippen LogP contribution >= 0.6 is 46.0 Å². The number of rotatable bonds is 3. The van der Waals surface area contributed by atoms with Gasteiger partial charge in [0.05, 0.1) is 0 Å². The van der Waals surface area contributed by atoms with Crippen LogP contribution in [0.2, 0.25) is 5.28 Å². The lowest BCUT2D eigenvalue weighted by Crippen LogP contribution is -1.86. The second-order valence-corrected chi connectivity index (χ2v) is 6.91. The van der Waals surface area contributed by atoms with Crippen molar-refractivity contribution in [1.82, 2.24) is 20.2 Å². The van der Waals surface area contributed by atoms with Crippen molar-refractivity contribution in [3.63, 3.8) is 0 Å². The van der Waals surface area contributed by atoms with E-state index in [4.69, 9.17) is 11.6 Å². The lowest BCUT2D eigenvalue weighted by molar-refractivity contribution is 1.01.